The second-order valence-corrected chi connectivity index (χ2v) is 7.07. The van der Waals surface area contributed by atoms with Crippen molar-refractivity contribution in [2.45, 2.75) is 26.1 Å². The molecule has 166 valence electrons. The van der Waals surface area contributed by atoms with Crippen LogP contribution in [0.4, 0.5) is 17.6 Å². The van der Waals surface area contributed by atoms with E-state index in [1.54, 1.807) is 31.3 Å². The maximum atomic E-state index is 14.2. The summed E-state index contributed by atoms with van der Waals surface area (Å²) in [6.45, 7) is 1.59. The second kappa shape index (κ2) is 7.98. The molecule has 0 atom stereocenters. The predicted octanol–water partition coefficient (Wildman–Crippen LogP) is 4.42. The maximum Gasteiger partial charge on any atom is 0.416 e. The van der Waals surface area contributed by atoms with Crippen LogP contribution in [0.1, 0.15) is 22.5 Å². The molecule has 0 fully saturated rings. The third-order valence-corrected chi connectivity index (χ3v) is 4.82. The highest BCUT2D eigenvalue weighted by atomic mass is 19.4. The van der Waals surface area contributed by atoms with Crippen molar-refractivity contribution in [3.8, 4) is 11.4 Å². The van der Waals surface area contributed by atoms with Gasteiger partial charge in [-0.1, -0.05) is 0 Å². The largest absolute Gasteiger partial charge is 0.487 e. The Bertz CT molecular complexity index is 1310. The highest BCUT2D eigenvalue weighted by Gasteiger charge is 2.31. The molecular formula is C21H16F4N4O3. The Balaban J connectivity index is 1.54. The van der Waals surface area contributed by atoms with Crippen molar-refractivity contribution in [2.75, 3.05) is 0 Å². The van der Waals surface area contributed by atoms with Gasteiger partial charge in [0.05, 0.1) is 17.7 Å². The van der Waals surface area contributed by atoms with E-state index in [9.17, 15) is 22.4 Å². The number of aliphatic carboxylic acids is 1. The number of carboxylic acids is 1. The summed E-state index contributed by atoms with van der Waals surface area (Å²) in [6, 6.07) is 7.25. The lowest BCUT2D eigenvalue weighted by Crippen LogP contribution is -2.08. The Morgan fingerprint density at radius 2 is 1.97 bits per heavy atom. The molecule has 0 aliphatic carbocycles. The summed E-state index contributed by atoms with van der Waals surface area (Å²) in [5, 5.41) is 17.9. The number of H-pyrrole nitrogens is 1. The summed E-state index contributed by atoms with van der Waals surface area (Å²) in [5.74, 6) is -1.61. The Hall–Kier alpha value is -3.89. The fraction of sp³-hybridized carbons (Fsp3) is 0.190. The third kappa shape index (κ3) is 4.27. The number of fused-ring (bicyclic) bond motifs is 1. The first-order valence-electron chi connectivity index (χ1n) is 9.36. The molecule has 0 saturated heterocycles. The van der Waals surface area contributed by atoms with Crippen molar-refractivity contribution in [3.05, 3.63) is 70.9 Å². The third-order valence-electron chi connectivity index (χ3n) is 4.82. The van der Waals surface area contributed by atoms with Gasteiger partial charge in [0, 0.05) is 17.1 Å². The van der Waals surface area contributed by atoms with Gasteiger partial charge in [-0.3, -0.25) is 4.79 Å². The van der Waals surface area contributed by atoms with E-state index in [2.05, 4.69) is 15.2 Å². The van der Waals surface area contributed by atoms with Gasteiger partial charge in [-0.05, 0) is 48.9 Å². The van der Waals surface area contributed by atoms with E-state index < -0.39 is 23.5 Å². The van der Waals surface area contributed by atoms with E-state index in [1.807, 2.05) is 0 Å². The Kier molecular flexibility index (Phi) is 5.33. The molecule has 0 radical (unpaired) electrons. The zero-order chi connectivity index (χ0) is 23.0. The normalized spacial score (nSPS) is 11.8. The summed E-state index contributed by atoms with van der Waals surface area (Å²) >= 11 is 0. The van der Waals surface area contributed by atoms with Crippen LogP contribution >= 0.6 is 0 Å². The summed E-state index contributed by atoms with van der Waals surface area (Å²) in [4.78, 5) is 14.9. The molecule has 2 N–H and O–H groups in total. The van der Waals surface area contributed by atoms with Crippen molar-refractivity contribution in [3.63, 3.8) is 0 Å². The molecule has 0 aliphatic heterocycles. The molecule has 0 spiro atoms. The molecule has 7 nitrogen and oxygen atoms in total. The summed E-state index contributed by atoms with van der Waals surface area (Å²) in [5.41, 5.74) is 0.821. The van der Waals surface area contributed by atoms with Crippen LogP contribution in [0.2, 0.25) is 0 Å². The number of halogens is 4. The van der Waals surface area contributed by atoms with Gasteiger partial charge in [-0.25, -0.2) is 4.39 Å². The zero-order valence-corrected chi connectivity index (χ0v) is 16.6. The van der Waals surface area contributed by atoms with Gasteiger partial charge in [0.15, 0.2) is 5.82 Å². The smallest absolute Gasteiger partial charge is 0.416 e. The van der Waals surface area contributed by atoms with Crippen LogP contribution in [-0.4, -0.2) is 31.1 Å². The standard InChI is InChI=1S/C21H16F4N4O3/c1-11-18(28-29(27-11)19-5-2-13(7-16(19)22)21(23,24)25)10-32-14-3-4-17-15(8-14)12(9-26-17)6-20(30)31/h2-5,7-9,26H,6,10H2,1H3,(H,30,31). The first-order chi connectivity index (χ1) is 15.1. The quantitative estimate of drug-likeness (QED) is 0.426. The summed E-state index contributed by atoms with van der Waals surface area (Å²) in [6.07, 6.45) is -3.18. The first kappa shape index (κ1) is 21.3. The molecule has 0 aliphatic rings. The Labute approximate surface area is 178 Å². The number of ether oxygens (including phenoxy) is 1. The number of benzene rings is 2. The molecule has 32 heavy (non-hydrogen) atoms. The number of aromatic amines is 1. The SMILES string of the molecule is Cc1nn(-c2ccc(C(F)(F)F)cc2F)nc1COc1ccc2[nH]cc(CC(=O)O)c2c1. The number of aromatic nitrogens is 4. The number of aryl methyl sites for hydroxylation is 1. The zero-order valence-electron chi connectivity index (χ0n) is 16.6. The summed E-state index contributed by atoms with van der Waals surface area (Å²) < 4.78 is 58.2. The summed E-state index contributed by atoms with van der Waals surface area (Å²) in [7, 11) is 0. The van der Waals surface area contributed by atoms with E-state index in [1.165, 1.54) is 0 Å². The van der Waals surface area contributed by atoms with Gasteiger partial charge in [0.1, 0.15) is 23.7 Å². The van der Waals surface area contributed by atoms with Gasteiger partial charge in [0.25, 0.3) is 0 Å². The molecule has 0 bridgehead atoms. The van der Waals surface area contributed by atoms with E-state index in [0.29, 0.717) is 34.2 Å². The lowest BCUT2D eigenvalue weighted by atomic mass is 10.1. The average molecular weight is 448 g/mol. The highest BCUT2D eigenvalue weighted by molar-refractivity contribution is 5.88. The van der Waals surface area contributed by atoms with Crippen molar-refractivity contribution in [1.82, 2.24) is 20.0 Å². The Morgan fingerprint density at radius 1 is 1.19 bits per heavy atom. The molecule has 0 saturated carbocycles. The Morgan fingerprint density at radius 3 is 2.66 bits per heavy atom. The molecule has 2 heterocycles. The van der Waals surface area contributed by atoms with Crippen LogP contribution in [-0.2, 0) is 24.0 Å². The number of carbonyl (C=O) groups is 1. The average Bonchev–Trinajstić information content (AvgIpc) is 3.28. The van der Waals surface area contributed by atoms with E-state index in [4.69, 9.17) is 9.84 Å². The van der Waals surface area contributed by atoms with E-state index in [-0.39, 0.29) is 18.7 Å². The lowest BCUT2D eigenvalue weighted by molar-refractivity contribution is -0.138. The van der Waals surface area contributed by atoms with Crippen LogP contribution in [0.3, 0.4) is 0 Å². The van der Waals surface area contributed by atoms with Gasteiger partial charge in [-0.2, -0.15) is 18.3 Å². The first-order valence-corrected chi connectivity index (χ1v) is 9.36. The topological polar surface area (TPSA) is 93.0 Å². The molecule has 11 heteroatoms. The number of rotatable bonds is 6. The van der Waals surface area contributed by atoms with Crippen molar-refractivity contribution >= 4 is 16.9 Å². The molecule has 0 unspecified atom stereocenters. The van der Waals surface area contributed by atoms with Crippen molar-refractivity contribution in [1.29, 1.82) is 0 Å². The maximum absolute atomic E-state index is 14.2. The van der Waals surface area contributed by atoms with Crippen LogP contribution < -0.4 is 4.74 Å². The van der Waals surface area contributed by atoms with Crippen LogP contribution in [0.25, 0.3) is 16.6 Å². The minimum absolute atomic E-state index is 0.0295. The molecule has 2 aromatic carbocycles. The molecule has 2 aromatic heterocycles. The van der Waals surface area contributed by atoms with E-state index >= 15 is 0 Å². The van der Waals surface area contributed by atoms with Gasteiger partial charge >= 0.3 is 12.1 Å². The minimum Gasteiger partial charge on any atom is -0.487 e. The van der Waals surface area contributed by atoms with Gasteiger partial charge < -0.3 is 14.8 Å². The lowest BCUT2D eigenvalue weighted by Gasteiger charge is -2.08. The highest BCUT2D eigenvalue weighted by Crippen LogP contribution is 2.31. The monoisotopic (exact) mass is 448 g/mol. The molecule has 4 aromatic rings. The fourth-order valence-corrected chi connectivity index (χ4v) is 3.20. The molecule has 4 rings (SSSR count). The van der Waals surface area contributed by atoms with Crippen LogP contribution in [0.15, 0.2) is 42.6 Å². The van der Waals surface area contributed by atoms with E-state index in [0.717, 1.165) is 22.4 Å². The van der Waals surface area contributed by atoms with Crippen molar-refractivity contribution in [2.24, 2.45) is 0 Å². The van der Waals surface area contributed by atoms with Gasteiger partial charge in [0.2, 0.25) is 0 Å². The van der Waals surface area contributed by atoms with Crippen LogP contribution in [0, 0.1) is 12.7 Å². The van der Waals surface area contributed by atoms with Crippen LogP contribution in [0.5, 0.6) is 5.75 Å². The predicted molar refractivity (Wildman–Crippen MR) is 105 cm³/mol. The number of nitrogens with zero attached hydrogens (tertiary/aromatic N) is 3. The fourth-order valence-electron chi connectivity index (χ4n) is 3.20. The molecular weight excluding hydrogens is 432 g/mol. The minimum atomic E-state index is -4.66. The van der Waals surface area contributed by atoms with Crippen molar-refractivity contribution < 1.29 is 32.2 Å². The number of alkyl halides is 3. The number of hydrogen-bond donors (Lipinski definition) is 2. The van der Waals surface area contributed by atoms with Gasteiger partial charge in [-0.15, -0.1) is 9.90 Å². The second-order valence-electron chi connectivity index (χ2n) is 7.07. The number of nitrogens with one attached hydrogen (secondary N) is 1. The molecule has 0 amide bonds. The number of hydrogen-bond acceptors (Lipinski definition) is 4. The number of carboxylic acid groups (broad SMARTS) is 1.